The minimum atomic E-state index is -0.132. The first-order valence-electron chi connectivity index (χ1n) is 9.52. The van der Waals surface area contributed by atoms with Crippen LogP contribution in [0.5, 0.6) is 0 Å². The molecule has 4 rings (SSSR count). The van der Waals surface area contributed by atoms with E-state index in [4.69, 9.17) is 9.97 Å². The van der Waals surface area contributed by atoms with Gasteiger partial charge in [-0.2, -0.15) is 0 Å². The van der Waals surface area contributed by atoms with Crippen LogP contribution in [-0.2, 0) is 4.79 Å². The van der Waals surface area contributed by atoms with E-state index in [9.17, 15) is 4.79 Å². The summed E-state index contributed by atoms with van der Waals surface area (Å²) >= 11 is 0. The number of carbonyl (C=O) groups is 1. The fraction of sp³-hybridized carbons (Fsp3) is 0.579. The van der Waals surface area contributed by atoms with Gasteiger partial charge in [-0.05, 0) is 57.8 Å². The number of piperidine rings is 1. The van der Waals surface area contributed by atoms with Crippen LogP contribution in [0, 0.1) is 6.92 Å². The lowest BCUT2D eigenvalue weighted by Crippen LogP contribution is -2.44. The Kier molecular flexibility index (Phi) is 4.72. The van der Waals surface area contributed by atoms with Gasteiger partial charge in [-0.1, -0.05) is 0 Å². The molecule has 1 amide bonds. The Balaban J connectivity index is 1.51. The van der Waals surface area contributed by atoms with Crippen LogP contribution in [-0.4, -0.2) is 58.0 Å². The molecule has 2 aliphatic heterocycles. The van der Waals surface area contributed by atoms with Crippen molar-refractivity contribution in [3.05, 3.63) is 17.8 Å². The second-order valence-electron chi connectivity index (χ2n) is 7.32. The zero-order valence-electron chi connectivity index (χ0n) is 15.5. The number of nitrogens with zero attached hydrogens (tertiary/aromatic N) is 5. The van der Waals surface area contributed by atoms with Crippen molar-refractivity contribution in [3.63, 3.8) is 0 Å². The molecule has 0 saturated carbocycles. The quantitative estimate of drug-likeness (QED) is 0.912. The van der Waals surface area contributed by atoms with Gasteiger partial charge in [-0.3, -0.25) is 4.79 Å². The van der Waals surface area contributed by atoms with E-state index in [0.717, 1.165) is 41.8 Å². The van der Waals surface area contributed by atoms with Crippen molar-refractivity contribution in [2.24, 2.45) is 0 Å². The average molecular weight is 354 g/mol. The molecule has 4 heterocycles. The maximum Gasteiger partial charge on any atom is 0.226 e. The molecule has 0 spiro atoms. The number of aryl methyl sites for hydroxylation is 1. The summed E-state index contributed by atoms with van der Waals surface area (Å²) in [6.45, 7) is 7.96. The van der Waals surface area contributed by atoms with Crippen molar-refractivity contribution in [1.29, 1.82) is 0 Å². The second kappa shape index (κ2) is 7.15. The lowest BCUT2D eigenvalue weighted by Gasteiger charge is -2.36. The number of hydrogen-bond donors (Lipinski definition) is 1. The summed E-state index contributed by atoms with van der Waals surface area (Å²) < 4.78 is 0. The van der Waals surface area contributed by atoms with E-state index in [2.05, 4.69) is 20.1 Å². The first-order chi connectivity index (χ1) is 12.6. The smallest absolute Gasteiger partial charge is 0.226 e. The maximum absolute atomic E-state index is 11.2. The zero-order chi connectivity index (χ0) is 18.1. The van der Waals surface area contributed by atoms with Gasteiger partial charge < -0.3 is 15.1 Å². The SMILES string of the molecule is CC(=O)Nc1ccc2nc(N3CCC(N4CCCC4)CC3)nc(C)c2n1. The summed E-state index contributed by atoms with van der Waals surface area (Å²) in [5.41, 5.74) is 2.41. The number of rotatable bonds is 3. The predicted octanol–water partition coefficient (Wildman–Crippen LogP) is 2.36. The molecule has 0 aromatic carbocycles. The molecule has 2 fully saturated rings. The minimum Gasteiger partial charge on any atom is -0.341 e. The highest BCUT2D eigenvalue weighted by Gasteiger charge is 2.27. The number of fused-ring (bicyclic) bond motifs is 1. The van der Waals surface area contributed by atoms with E-state index >= 15 is 0 Å². The van der Waals surface area contributed by atoms with Gasteiger partial charge >= 0.3 is 0 Å². The highest BCUT2D eigenvalue weighted by Crippen LogP contribution is 2.25. The molecule has 2 aliphatic rings. The summed E-state index contributed by atoms with van der Waals surface area (Å²) in [4.78, 5) is 30.1. The normalized spacial score (nSPS) is 19.2. The number of anilines is 2. The summed E-state index contributed by atoms with van der Waals surface area (Å²) in [7, 11) is 0. The van der Waals surface area contributed by atoms with Gasteiger partial charge in [0.2, 0.25) is 11.9 Å². The van der Waals surface area contributed by atoms with Crippen molar-refractivity contribution in [1.82, 2.24) is 19.9 Å². The largest absolute Gasteiger partial charge is 0.341 e. The van der Waals surface area contributed by atoms with Gasteiger partial charge in [0.1, 0.15) is 11.3 Å². The van der Waals surface area contributed by atoms with Gasteiger partial charge in [0.15, 0.2) is 0 Å². The Morgan fingerprint density at radius 3 is 2.50 bits per heavy atom. The van der Waals surface area contributed by atoms with Gasteiger partial charge in [0.05, 0.1) is 11.2 Å². The van der Waals surface area contributed by atoms with E-state index < -0.39 is 0 Å². The van der Waals surface area contributed by atoms with Crippen LogP contribution in [0.4, 0.5) is 11.8 Å². The molecule has 138 valence electrons. The standard InChI is InChI=1S/C19H26N6O/c1-13-18-16(5-6-17(23-18)21-14(2)26)22-19(20-13)25-11-7-15(8-12-25)24-9-3-4-10-24/h5-6,15H,3-4,7-12H2,1-2H3,(H,21,23,26). The lowest BCUT2D eigenvalue weighted by atomic mass is 10.0. The molecule has 2 aromatic rings. The third-order valence-corrected chi connectivity index (χ3v) is 5.41. The third-order valence-electron chi connectivity index (χ3n) is 5.41. The van der Waals surface area contributed by atoms with Crippen molar-refractivity contribution >= 4 is 28.7 Å². The van der Waals surface area contributed by atoms with E-state index in [1.165, 1.54) is 45.7 Å². The Morgan fingerprint density at radius 2 is 1.81 bits per heavy atom. The van der Waals surface area contributed by atoms with Crippen LogP contribution in [0.3, 0.4) is 0 Å². The first-order valence-corrected chi connectivity index (χ1v) is 9.52. The number of nitrogens with one attached hydrogen (secondary N) is 1. The number of aromatic nitrogens is 3. The number of hydrogen-bond acceptors (Lipinski definition) is 6. The lowest BCUT2D eigenvalue weighted by molar-refractivity contribution is -0.114. The van der Waals surface area contributed by atoms with Crippen molar-refractivity contribution in [3.8, 4) is 0 Å². The molecule has 7 nitrogen and oxygen atoms in total. The maximum atomic E-state index is 11.2. The highest BCUT2D eigenvalue weighted by molar-refractivity contribution is 5.89. The first kappa shape index (κ1) is 17.1. The van der Waals surface area contributed by atoms with E-state index in [1.54, 1.807) is 6.07 Å². The molecule has 0 bridgehead atoms. The molecule has 0 unspecified atom stereocenters. The monoisotopic (exact) mass is 354 g/mol. The summed E-state index contributed by atoms with van der Waals surface area (Å²) in [5.74, 6) is 1.20. The number of amides is 1. The van der Waals surface area contributed by atoms with Crippen molar-refractivity contribution in [2.75, 3.05) is 36.4 Å². The number of carbonyl (C=O) groups excluding carboxylic acids is 1. The third kappa shape index (κ3) is 3.49. The van der Waals surface area contributed by atoms with Gasteiger partial charge in [0.25, 0.3) is 0 Å². The van der Waals surface area contributed by atoms with Crippen LogP contribution >= 0.6 is 0 Å². The van der Waals surface area contributed by atoms with Crippen molar-refractivity contribution < 1.29 is 4.79 Å². The fourth-order valence-electron chi connectivity index (χ4n) is 4.07. The van der Waals surface area contributed by atoms with Gasteiger partial charge in [-0.15, -0.1) is 0 Å². The Bertz CT molecular complexity index is 809. The second-order valence-corrected chi connectivity index (χ2v) is 7.32. The number of pyridine rings is 1. The molecular weight excluding hydrogens is 328 g/mol. The van der Waals surface area contributed by atoms with Gasteiger partial charge in [-0.25, -0.2) is 15.0 Å². The molecule has 0 radical (unpaired) electrons. The number of likely N-dealkylation sites (tertiary alicyclic amines) is 1. The van der Waals surface area contributed by atoms with Crippen LogP contribution in [0.1, 0.15) is 38.3 Å². The Morgan fingerprint density at radius 1 is 1.08 bits per heavy atom. The van der Waals surface area contributed by atoms with Crippen molar-refractivity contribution in [2.45, 2.75) is 45.6 Å². The molecule has 26 heavy (non-hydrogen) atoms. The molecule has 7 heteroatoms. The molecule has 2 aromatic heterocycles. The van der Waals surface area contributed by atoms with Crippen LogP contribution in [0.15, 0.2) is 12.1 Å². The Labute approximate surface area is 153 Å². The molecule has 0 atom stereocenters. The van der Waals surface area contributed by atoms with Crippen LogP contribution in [0.25, 0.3) is 11.0 Å². The topological polar surface area (TPSA) is 74.2 Å². The van der Waals surface area contributed by atoms with Gasteiger partial charge in [0, 0.05) is 26.1 Å². The zero-order valence-corrected chi connectivity index (χ0v) is 15.5. The van der Waals surface area contributed by atoms with E-state index in [-0.39, 0.29) is 5.91 Å². The summed E-state index contributed by atoms with van der Waals surface area (Å²) in [5, 5.41) is 2.71. The Hall–Kier alpha value is -2.28. The molecule has 1 N–H and O–H groups in total. The van der Waals surface area contributed by atoms with Crippen LogP contribution in [0.2, 0.25) is 0 Å². The predicted molar refractivity (Wildman–Crippen MR) is 102 cm³/mol. The summed E-state index contributed by atoms with van der Waals surface area (Å²) in [6.07, 6.45) is 5.06. The van der Waals surface area contributed by atoms with Crippen LogP contribution < -0.4 is 10.2 Å². The molecular formula is C19H26N6O. The molecule has 2 saturated heterocycles. The fourth-order valence-corrected chi connectivity index (χ4v) is 4.07. The van der Waals surface area contributed by atoms with E-state index in [0.29, 0.717) is 5.82 Å². The van der Waals surface area contributed by atoms with E-state index in [1.807, 2.05) is 13.0 Å². The molecule has 0 aliphatic carbocycles. The minimum absolute atomic E-state index is 0.132. The summed E-state index contributed by atoms with van der Waals surface area (Å²) in [6, 6.07) is 4.42. The highest BCUT2D eigenvalue weighted by atomic mass is 16.1. The average Bonchev–Trinajstić information content (AvgIpc) is 3.16.